The van der Waals surface area contributed by atoms with Gasteiger partial charge in [0, 0.05) is 42.2 Å². The molecule has 0 aliphatic rings. The summed E-state index contributed by atoms with van der Waals surface area (Å²) in [5.74, 6) is -1.50. The van der Waals surface area contributed by atoms with Crippen LogP contribution in [0.1, 0.15) is 40.9 Å². The molecule has 30 heavy (non-hydrogen) atoms. The number of nitrogens with one attached hydrogen (secondary N) is 2. The molecule has 7 heteroatoms. The average molecular weight is 407 g/mol. The smallest absolute Gasteiger partial charge is 0.303 e. The summed E-state index contributed by atoms with van der Waals surface area (Å²) >= 11 is 0. The van der Waals surface area contributed by atoms with Crippen LogP contribution in [-0.4, -0.2) is 33.6 Å². The van der Waals surface area contributed by atoms with Crippen molar-refractivity contribution in [2.24, 2.45) is 0 Å². The highest BCUT2D eigenvalue weighted by molar-refractivity contribution is 6.02. The number of aryl methyl sites for hydroxylation is 1. The molecule has 0 bridgehead atoms. The molecule has 0 saturated carbocycles. The Morgan fingerprint density at radius 1 is 1.07 bits per heavy atom. The number of carboxylic acids is 1. The van der Waals surface area contributed by atoms with E-state index in [1.807, 2.05) is 19.1 Å². The molecule has 4 N–H and O–H groups in total. The highest BCUT2D eigenvalue weighted by Gasteiger charge is 2.15. The quantitative estimate of drug-likeness (QED) is 0.401. The summed E-state index contributed by atoms with van der Waals surface area (Å²) in [4.78, 5) is 26.9. The first-order valence-corrected chi connectivity index (χ1v) is 9.85. The van der Waals surface area contributed by atoms with Crippen molar-refractivity contribution >= 4 is 28.3 Å². The molecule has 0 aliphatic carbocycles. The van der Waals surface area contributed by atoms with Gasteiger partial charge in [-0.15, -0.1) is 0 Å². The molecular formula is C23H25N3O4. The summed E-state index contributed by atoms with van der Waals surface area (Å²) in [6.07, 6.45) is 2.65. The van der Waals surface area contributed by atoms with Gasteiger partial charge in [-0.05, 0) is 43.5 Å². The Morgan fingerprint density at radius 3 is 2.57 bits per heavy atom. The highest BCUT2D eigenvalue weighted by atomic mass is 16.4. The molecule has 3 aromatic rings. The van der Waals surface area contributed by atoms with Crippen molar-refractivity contribution in [3.8, 4) is 5.75 Å². The molecule has 7 nitrogen and oxygen atoms in total. The number of carboxylic acid groups (broad SMARTS) is 1. The van der Waals surface area contributed by atoms with Crippen LogP contribution in [0.25, 0.3) is 10.8 Å². The van der Waals surface area contributed by atoms with Crippen molar-refractivity contribution in [1.29, 1.82) is 0 Å². The zero-order valence-corrected chi connectivity index (χ0v) is 16.8. The topological polar surface area (TPSA) is 112 Å². The van der Waals surface area contributed by atoms with Gasteiger partial charge in [0.25, 0.3) is 5.91 Å². The fourth-order valence-corrected chi connectivity index (χ4v) is 3.08. The van der Waals surface area contributed by atoms with Crippen molar-refractivity contribution in [3.05, 3.63) is 65.5 Å². The minimum Gasteiger partial charge on any atom is -0.505 e. The van der Waals surface area contributed by atoms with Crippen LogP contribution in [0.4, 0.5) is 5.69 Å². The van der Waals surface area contributed by atoms with E-state index in [0.717, 1.165) is 16.6 Å². The van der Waals surface area contributed by atoms with Crippen LogP contribution in [0, 0.1) is 6.92 Å². The number of amides is 1. The summed E-state index contributed by atoms with van der Waals surface area (Å²) in [5, 5.41) is 26.4. The molecule has 0 fully saturated rings. The fraction of sp³-hybridized carbons (Fsp3) is 0.261. The fourth-order valence-electron chi connectivity index (χ4n) is 3.08. The number of rotatable bonds is 9. The predicted octanol–water partition coefficient (Wildman–Crippen LogP) is 3.85. The van der Waals surface area contributed by atoms with Gasteiger partial charge in [-0.3, -0.25) is 9.59 Å². The Balaban J connectivity index is 1.64. The number of carbonyl (C=O) groups excluding carboxylic acids is 1. The third-order valence-electron chi connectivity index (χ3n) is 4.80. The van der Waals surface area contributed by atoms with Gasteiger partial charge in [0.15, 0.2) is 11.4 Å². The highest BCUT2D eigenvalue weighted by Crippen LogP contribution is 2.29. The number of aromatic hydroxyl groups is 1. The summed E-state index contributed by atoms with van der Waals surface area (Å²) < 4.78 is 0. The molecule has 1 aromatic heterocycles. The maximum absolute atomic E-state index is 12.3. The van der Waals surface area contributed by atoms with Gasteiger partial charge in [0.1, 0.15) is 0 Å². The minimum atomic E-state index is -0.858. The number of unbranched alkanes of at least 4 members (excludes halogenated alkanes) is 1. The molecule has 0 atom stereocenters. The Kier molecular flexibility index (Phi) is 6.85. The Bertz CT molecular complexity index is 1050. The Labute approximate surface area is 174 Å². The summed E-state index contributed by atoms with van der Waals surface area (Å²) in [6, 6.07) is 13.8. The normalized spacial score (nSPS) is 10.7. The predicted molar refractivity (Wildman–Crippen MR) is 116 cm³/mol. The monoisotopic (exact) mass is 407 g/mol. The second-order valence-corrected chi connectivity index (χ2v) is 7.20. The van der Waals surface area contributed by atoms with Crippen LogP contribution in [0.3, 0.4) is 0 Å². The van der Waals surface area contributed by atoms with E-state index in [1.165, 1.54) is 5.56 Å². The number of fused-ring (bicyclic) bond motifs is 1. The first kappa shape index (κ1) is 21.1. The molecule has 0 spiro atoms. The van der Waals surface area contributed by atoms with Gasteiger partial charge in [0.2, 0.25) is 0 Å². The second kappa shape index (κ2) is 9.73. The number of benzene rings is 2. The molecule has 0 radical (unpaired) electrons. The molecule has 1 heterocycles. The van der Waals surface area contributed by atoms with Crippen LogP contribution in [0.15, 0.2) is 48.7 Å². The average Bonchev–Trinajstić information content (AvgIpc) is 2.73. The van der Waals surface area contributed by atoms with Gasteiger partial charge >= 0.3 is 5.97 Å². The van der Waals surface area contributed by atoms with E-state index < -0.39 is 11.9 Å². The molecule has 1 amide bonds. The molecule has 0 saturated heterocycles. The van der Waals surface area contributed by atoms with Crippen molar-refractivity contribution in [3.63, 3.8) is 0 Å². The van der Waals surface area contributed by atoms with E-state index in [2.05, 4.69) is 39.9 Å². The van der Waals surface area contributed by atoms with E-state index in [-0.39, 0.29) is 17.9 Å². The largest absolute Gasteiger partial charge is 0.505 e. The van der Waals surface area contributed by atoms with Gasteiger partial charge in [-0.1, -0.05) is 29.8 Å². The van der Waals surface area contributed by atoms with E-state index in [4.69, 9.17) is 5.11 Å². The first-order valence-electron chi connectivity index (χ1n) is 9.85. The van der Waals surface area contributed by atoms with Crippen LogP contribution in [-0.2, 0) is 11.3 Å². The lowest BCUT2D eigenvalue weighted by Gasteiger charge is -2.11. The summed E-state index contributed by atoms with van der Waals surface area (Å²) in [7, 11) is 0. The lowest BCUT2D eigenvalue weighted by atomic mass is 10.1. The maximum atomic E-state index is 12.3. The van der Waals surface area contributed by atoms with Gasteiger partial charge < -0.3 is 20.8 Å². The minimum absolute atomic E-state index is 0.0406. The van der Waals surface area contributed by atoms with Crippen LogP contribution < -0.4 is 10.6 Å². The molecule has 0 unspecified atom stereocenters. The van der Waals surface area contributed by atoms with Crippen molar-refractivity contribution < 1.29 is 19.8 Å². The van der Waals surface area contributed by atoms with Crippen LogP contribution in [0.2, 0.25) is 0 Å². The third-order valence-corrected chi connectivity index (χ3v) is 4.80. The molecule has 3 rings (SSSR count). The Morgan fingerprint density at radius 2 is 1.83 bits per heavy atom. The molecule has 2 aromatic carbocycles. The van der Waals surface area contributed by atoms with E-state index in [9.17, 15) is 14.7 Å². The van der Waals surface area contributed by atoms with E-state index in [0.29, 0.717) is 31.3 Å². The number of pyridine rings is 1. The van der Waals surface area contributed by atoms with Gasteiger partial charge in [-0.2, -0.15) is 0 Å². The number of hydrogen-bond donors (Lipinski definition) is 4. The van der Waals surface area contributed by atoms with Crippen molar-refractivity contribution in [1.82, 2.24) is 10.3 Å². The van der Waals surface area contributed by atoms with Gasteiger partial charge in [0.05, 0.1) is 0 Å². The number of aromatic nitrogens is 1. The number of carbonyl (C=O) groups is 2. The number of hydrogen-bond acceptors (Lipinski definition) is 5. The number of nitrogens with zero attached hydrogens (tertiary/aromatic N) is 1. The SMILES string of the molecule is Cc1ccc(CNc2ccc3c(O)c(C(=O)NCCCCC(=O)O)ncc3c2)cc1. The van der Waals surface area contributed by atoms with Crippen LogP contribution >= 0.6 is 0 Å². The van der Waals surface area contributed by atoms with Crippen molar-refractivity contribution in [2.45, 2.75) is 32.7 Å². The van der Waals surface area contributed by atoms with E-state index in [1.54, 1.807) is 12.3 Å². The van der Waals surface area contributed by atoms with Crippen molar-refractivity contribution in [2.75, 3.05) is 11.9 Å². The first-order chi connectivity index (χ1) is 14.4. The zero-order valence-electron chi connectivity index (χ0n) is 16.8. The number of aliphatic carboxylic acids is 1. The van der Waals surface area contributed by atoms with Crippen LogP contribution in [0.5, 0.6) is 5.75 Å². The third kappa shape index (κ3) is 5.47. The maximum Gasteiger partial charge on any atom is 0.303 e. The van der Waals surface area contributed by atoms with E-state index >= 15 is 0 Å². The standard InChI is InChI=1S/C23H25N3O4/c1-15-5-7-16(8-6-15)13-25-18-9-10-19-17(12-18)14-26-21(22(19)29)23(30)24-11-3-2-4-20(27)28/h5-10,12,14,25,29H,2-4,11,13H2,1H3,(H,24,30)(H,27,28). The Hall–Kier alpha value is -3.61. The van der Waals surface area contributed by atoms with Gasteiger partial charge in [-0.25, -0.2) is 4.98 Å². The lowest BCUT2D eigenvalue weighted by molar-refractivity contribution is -0.137. The summed E-state index contributed by atoms with van der Waals surface area (Å²) in [6.45, 7) is 3.05. The zero-order chi connectivity index (χ0) is 21.5. The summed E-state index contributed by atoms with van der Waals surface area (Å²) in [5.41, 5.74) is 3.23. The lowest BCUT2D eigenvalue weighted by Crippen LogP contribution is -2.25. The molecule has 0 aliphatic heterocycles. The molecule has 156 valence electrons. The second-order valence-electron chi connectivity index (χ2n) is 7.20. The number of anilines is 1. The molecular weight excluding hydrogens is 382 g/mol.